The maximum absolute atomic E-state index is 13.5. The van der Waals surface area contributed by atoms with Crippen molar-refractivity contribution < 1.29 is 31.9 Å². The van der Waals surface area contributed by atoms with E-state index in [2.05, 4.69) is 10.4 Å². The lowest BCUT2D eigenvalue weighted by Crippen LogP contribution is -2.26. The Morgan fingerprint density at radius 2 is 1.91 bits per heavy atom. The molecule has 1 aliphatic carbocycles. The van der Waals surface area contributed by atoms with Crippen LogP contribution in [0, 0.1) is 0 Å². The summed E-state index contributed by atoms with van der Waals surface area (Å²) < 4.78 is 59.0. The molecule has 1 amide bonds. The smallest absolute Gasteiger partial charge is 0.341 e. The van der Waals surface area contributed by atoms with Gasteiger partial charge in [0.1, 0.15) is 22.4 Å². The molecule has 3 rings (SSSR count). The summed E-state index contributed by atoms with van der Waals surface area (Å²) >= 11 is 6.91. The molecular weight excluding hydrogens is 474 g/mol. The van der Waals surface area contributed by atoms with E-state index >= 15 is 0 Å². The van der Waals surface area contributed by atoms with Crippen LogP contribution in [0.2, 0.25) is 5.02 Å². The third-order valence-electron chi connectivity index (χ3n) is 5.12. The maximum atomic E-state index is 13.5. The van der Waals surface area contributed by atoms with Crippen LogP contribution >= 0.6 is 22.9 Å². The quantitative estimate of drug-likeness (QED) is 0.354. The average Bonchev–Trinajstić information content (AvgIpc) is 3.28. The Bertz CT molecular complexity index is 1010. The molecule has 0 aromatic carbocycles. The van der Waals surface area contributed by atoms with Crippen LogP contribution < -0.4 is 5.32 Å². The van der Waals surface area contributed by atoms with E-state index in [4.69, 9.17) is 16.3 Å². The van der Waals surface area contributed by atoms with Crippen LogP contribution in [0.1, 0.15) is 84.2 Å². The van der Waals surface area contributed by atoms with Crippen molar-refractivity contribution in [2.45, 2.75) is 64.8 Å². The topological polar surface area (TPSA) is 73.2 Å². The fourth-order valence-electron chi connectivity index (χ4n) is 3.54. The van der Waals surface area contributed by atoms with E-state index in [1.807, 2.05) is 6.92 Å². The van der Waals surface area contributed by atoms with Crippen molar-refractivity contribution in [3.8, 4) is 0 Å². The van der Waals surface area contributed by atoms with E-state index in [1.165, 1.54) is 18.3 Å². The van der Waals surface area contributed by atoms with Gasteiger partial charge in [-0.3, -0.25) is 4.79 Å². The van der Waals surface area contributed by atoms with E-state index in [0.29, 0.717) is 17.5 Å². The first-order valence-corrected chi connectivity index (χ1v) is 11.3. The number of anilines is 1. The molecule has 0 fully saturated rings. The number of hydrogen-bond acceptors (Lipinski definition) is 5. The second-order valence-corrected chi connectivity index (χ2v) is 8.83. The number of aryl methyl sites for hydroxylation is 1. The molecule has 0 aliphatic heterocycles. The Morgan fingerprint density at radius 1 is 1.22 bits per heavy atom. The minimum Gasteiger partial charge on any atom is -0.462 e. The highest BCUT2D eigenvalue weighted by molar-refractivity contribution is 7.17. The number of alkyl halides is 4. The molecule has 176 valence electrons. The van der Waals surface area contributed by atoms with Crippen molar-refractivity contribution in [1.29, 1.82) is 0 Å². The molecule has 32 heavy (non-hydrogen) atoms. The zero-order chi connectivity index (χ0) is 23.6. The van der Waals surface area contributed by atoms with Crippen molar-refractivity contribution in [3.63, 3.8) is 0 Å². The molecule has 0 spiro atoms. The second-order valence-electron chi connectivity index (χ2n) is 7.35. The van der Waals surface area contributed by atoms with Crippen molar-refractivity contribution in [2.24, 2.45) is 0 Å². The zero-order valence-electron chi connectivity index (χ0n) is 17.4. The summed E-state index contributed by atoms with van der Waals surface area (Å²) in [7, 11) is 0. The van der Waals surface area contributed by atoms with Crippen LogP contribution in [-0.4, -0.2) is 28.3 Å². The molecule has 1 N–H and O–H groups in total. The Morgan fingerprint density at radius 3 is 2.53 bits per heavy atom. The SMILES string of the molecule is CCCOC(=O)c1c(NC(=O)C(C)n2nc(C(F)F)c(Cl)c2C(F)F)sc2c1CCCC2. The molecule has 0 saturated heterocycles. The molecule has 0 saturated carbocycles. The lowest BCUT2D eigenvalue weighted by atomic mass is 9.95. The third kappa shape index (κ3) is 4.78. The van der Waals surface area contributed by atoms with Crippen molar-refractivity contribution >= 4 is 39.8 Å². The molecule has 2 heterocycles. The third-order valence-corrected chi connectivity index (χ3v) is 6.72. The number of fused-ring (bicyclic) bond motifs is 1. The van der Waals surface area contributed by atoms with Crippen LogP contribution in [0.25, 0.3) is 0 Å². The molecule has 0 bridgehead atoms. The lowest BCUT2D eigenvalue weighted by molar-refractivity contribution is -0.119. The molecule has 2 aromatic heterocycles. The molecule has 0 radical (unpaired) electrons. The van der Waals surface area contributed by atoms with Gasteiger partial charge in [0, 0.05) is 4.88 Å². The molecule has 12 heteroatoms. The number of amides is 1. The number of halogens is 5. The number of nitrogens with one attached hydrogen (secondary N) is 1. The fourth-order valence-corrected chi connectivity index (χ4v) is 5.11. The van der Waals surface area contributed by atoms with E-state index in [9.17, 15) is 27.2 Å². The summed E-state index contributed by atoms with van der Waals surface area (Å²) in [6.45, 7) is 3.31. The van der Waals surface area contributed by atoms with Crippen LogP contribution in [0.3, 0.4) is 0 Å². The van der Waals surface area contributed by atoms with Gasteiger partial charge in [-0.15, -0.1) is 11.3 Å². The van der Waals surface area contributed by atoms with E-state index in [1.54, 1.807) is 0 Å². The Balaban J connectivity index is 1.93. The van der Waals surface area contributed by atoms with Gasteiger partial charge in [0.2, 0.25) is 5.91 Å². The summed E-state index contributed by atoms with van der Waals surface area (Å²) in [5.41, 5.74) is -0.894. The van der Waals surface area contributed by atoms with Gasteiger partial charge in [0.05, 0.1) is 17.2 Å². The van der Waals surface area contributed by atoms with Gasteiger partial charge in [-0.2, -0.15) is 5.10 Å². The maximum Gasteiger partial charge on any atom is 0.341 e. The molecule has 1 aliphatic rings. The number of aromatic nitrogens is 2. The van der Waals surface area contributed by atoms with Crippen molar-refractivity contribution in [3.05, 3.63) is 32.4 Å². The van der Waals surface area contributed by atoms with Gasteiger partial charge < -0.3 is 10.1 Å². The summed E-state index contributed by atoms with van der Waals surface area (Å²) in [5, 5.41) is 5.43. The molecule has 6 nitrogen and oxygen atoms in total. The molecule has 2 aromatic rings. The van der Waals surface area contributed by atoms with Gasteiger partial charge in [-0.25, -0.2) is 27.0 Å². The van der Waals surface area contributed by atoms with Gasteiger partial charge in [0.25, 0.3) is 12.9 Å². The van der Waals surface area contributed by atoms with E-state index < -0.39 is 47.2 Å². The molecular formula is C20H22ClF4N3O3S. The summed E-state index contributed by atoms with van der Waals surface area (Å²) in [6, 6.07) is -1.39. The summed E-state index contributed by atoms with van der Waals surface area (Å²) in [5.74, 6) is -1.36. The first-order chi connectivity index (χ1) is 15.2. The first kappa shape index (κ1) is 24.5. The molecule has 1 unspecified atom stereocenters. The van der Waals surface area contributed by atoms with E-state index in [-0.39, 0.29) is 17.2 Å². The number of rotatable bonds is 8. The van der Waals surface area contributed by atoms with Gasteiger partial charge in [-0.1, -0.05) is 18.5 Å². The first-order valence-electron chi connectivity index (χ1n) is 10.1. The minimum atomic E-state index is -3.22. The highest BCUT2D eigenvalue weighted by atomic mass is 35.5. The van der Waals surface area contributed by atoms with E-state index in [0.717, 1.165) is 29.7 Å². The van der Waals surface area contributed by atoms with Crippen molar-refractivity contribution in [1.82, 2.24) is 9.78 Å². The van der Waals surface area contributed by atoms with Gasteiger partial charge in [0.15, 0.2) is 0 Å². The lowest BCUT2D eigenvalue weighted by Gasteiger charge is -2.16. The standard InChI is InChI=1S/C20H22ClF4N3O3S/c1-3-8-31-20(30)12-10-6-4-5-7-11(10)32-19(12)26-18(29)9(2)28-15(17(24)25)13(21)14(27-28)16(22)23/h9,16-17H,3-8H2,1-2H3,(H,26,29). The number of thiophene rings is 1. The van der Waals surface area contributed by atoms with Gasteiger partial charge in [-0.05, 0) is 44.6 Å². The Labute approximate surface area is 190 Å². The number of hydrogen-bond donors (Lipinski definition) is 1. The summed E-state index contributed by atoms with van der Waals surface area (Å²) in [6.07, 6.45) is -2.52. The van der Waals surface area contributed by atoms with Crippen molar-refractivity contribution in [2.75, 3.05) is 11.9 Å². The monoisotopic (exact) mass is 495 g/mol. The Kier molecular flexibility index (Phi) is 7.81. The molecule has 1 atom stereocenters. The van der Waals surface area contributed by atoms with Crippen LogP contribution in [0.5, 0.6) is 0 Å². The second kappa shape index (κ2) is 10.2. The van der Waals surface area contributed by atoms with Gasteiger partial charge >= 0.3 is 5.97 Å². The number of esters is 1. The highest BCUT2D eigenvalue weighted by Gasteiger charge is 2.33. The highest BCUT2D eigenvalue weighted by Crippen LogP contribution is 2.40. The normalized spacial score (nSPS) is 14.5. The Hall–Kier alpha value is -2.14. The number of carbonyl (C=O) groups excluding carboxylic acids is 2. The van der Waals surface area contributed by atoms with Crippen LogP contribution in [-0.2, 0) is 22.4 Å². The largest absolute Gasteiger partial charge is 0.462 e. The number of nitrogens with zero attached hydrogens (tertiary/aromatic N) is 2. The summed E-state index contributed by atoms with van der Waals surface area (Å²) in [4.78, 5) is 26.5. The predicted molar refractivity (Wildman–Crippen MR) is 112 cm³/mol. The zero-order valence-corrected chi connectivity index (χ0v) is 19.0. The predicted octanol–water partition coefficient (Wildman–Crippen LogP) is 6.12. The van der Waals surface area contributed by atoms with Crippen LogP contribution in [0.4, 0.5) is 22.6 Å². The minimum absolute atomic E-state index is 0.215. The number of carbonyl (C=O) groups is 2. The van der Waals surface area contributed by atoms with Crippen LogP contribution in [0.15, 0.2) is 0 Å². The fraction of sp³-hybridized carbons (Fsp3) is 0.550. The number of ether oxygens (including phenoxy) is 1. The average molecular weight is 496 g/mol.